The van der Waals surface area contributed by atoms with Gasteiger partial charge in [-0.1, -0.05) is 18.6 Å². The lowest BCUT2D eigenvalue weighted by Gasteiger charge is -2.37. The third kappa shape index (κ3) is 2.47. The zero-order chi connectivity index (χ0) is 14.2. The van der Waals surface area contributed by atoms with E-state index in [1.54, 1.807) is 0 Å². The van der Waals surface area contributed by atoms with Gasteiger partial charge in [0.05, 0.1) is 12.0 Å². The van der Waals surface area contributed by atoms with Crippen LogP contribution in [0.4, 0.5) is 0 Å². The normalized spacial score (nSPS) is 27.0. The van der Waals surface area contributed by atoms with Crippen LogP contribution in [0.25, 0.3) is 0 Å². The van der Waals surface area contributed by atoms with Gasteiger partial charge in [-0.05, 0) is 45.0 Å². The first-order valence-electron chi connectivity index (χ1n) is 7.67. The van der Waals surface area contributed by atoms with Crippen molar-refractivity contribution in [2.75, 3.05) is 19.6 Å². The average Bonchev–Trinajstić information content (AvgIpc) is 2.62. The predicted octanol–water partition coefficient (Wildman–Crippen LogP) is 3.20. The molecule has 1 saturated heterocycles. The minimum Gasteiger partial charge on any atom is -0.486 e. The molecule has 1 spiro atoms. The molecular weight excluding hydrogens is 250 g/mol. The van der Waals surface area contributed by atoms with Crippen molar-refractivity contribution >= 4 is 5.78 Å². The Morgan fingerprint density at radius 1 is 1.30 bits per heavy atom. The topological polar surface area (TPSA) is 29.5 Å². The van der Waals surface area contributed by atoms with E-state index < -0.39 is 0 Å². The molecule has 0 aromatic heterocycles. The molecule has 0 N–H and O–H groups in total. The van der Waals surface area contributed by atoms with Crippen molar-refractivity contribution in [1.82, 2.24) is 4.90 Å². The van der Waals surface area contributed by atoms with Crippen LogP contribution < -0.4 is 4.74 Å². The van der Waals surface area contributed by atoms with Gasteiger partial charge in [-0.25, -0.2) is 0 Å². The van der Waals surface area contributed by atoms with Crippen molar-refractivity contribution in [2.45, 2.75) is 45.1 Å². The molecule has 3 heteroatoms. The van der Waals surface area contributed by atoms with Crippen molar-refractivity contribution in [1.29, 1.82) is 0 Å². The molecule has 0 saturated carbocycles. The highest BCUT2D eigenvalue weighted by Gasteiger charge is 2.41. The van der Waals surface area contributed by atoms with Crippen molar-refractivity contribution in [3.63, 3.8) is 0 Å². The van der Waals surface area contributed by atoms with Gasteiger partial charge in [-0.3, -0.25) is 4.79 Å². The SMILES string of the molecule is CCN1CCCC2(CC1)CC(=O)c1cc(C)ccc1O2. The van der Waals surface area contributed by atoms with E-state index in [4.69, 9.17) is 4.74 Å². The smallest absolute Gasteiger partial charge is 0.170 e. The van der Waals surface area contributed by atoms with E-state index in [9.17, 15) is 4.79 Å². The van der Waals surface area contributed by atoms with Crippen LogP contribution in [0.2, 0.25) is 0 Å². The highest BCUT2D eigenvalue weighted by atomic mass is 16.5. The number of benzene rings is 1. The number of fused-ring (bicyclic) bond motifs is 1. The molecule has 1 fully saturated rings. The first-order chi connectivity index (χ1) is 9.62. The Balaban J connectivity index is 1.87. The number of carbonyl (C=O) groups excluding carboxylic acids is 1. The molecule has 1 unspecified atom stereocenters. The first-order valence-corrected chi connectivity index (χ1v) is 7.67. The number of rotatable bonds is 1. The summed E-state index contributed by atoms with van der Waals surface area (Å²) in [6.45, 7) is 7.45. The fourth-order valence-corrected chi connectivity index (χ4v) is 3.43. The lowest BCUT2D eigenvalue weighted by molar-refractivity contribution is 0.0301. The van der Waals surface area contributed by atoms with Crippen LogP contribution in [-0.4, -0.2) is 35.9 Å². The van der Waals surface area contributed by atoms with Crippen LogP contribution in [0.1, 0.15) is 48.5 Å². The summed E-state index contributed by atoms with van der Waals surface area (Å²) in [7, 11) is 0. The molecule has 3 rings (SSSR count). The maximum atomic E-state index is 12.5. The van der Waals surface area contributed by atoms with E-state index >= 15 is 0 Å². The molecule has 20 heavy (non-hydrogen) atoms. The molecule has 3 nitrogen and oxygen atoms in total. The average molecular weight is 273 g/mol. The van der Waals surface area contributed by atoms with Gasteiger partial charge in [-0.2, -0.15) is 0 Å². The molecule has 1 aromatic rings. The maximum Gasteiger partial charge on any atom is 0.170 e. The standard InChI is InChI=1S/C17H23NO2/c1-3-18-9-4-7-17(8-10-18)12-15(19)14-11-13(2)5-6-16(14)20-17/h5-6,11H,3-4,7-10,12H2,1-2H3. The molecule has 0 amide bonds. The summed E-state index contributed by atoms with van der Waals surface area (Å²) in [5.74, 6) is 1.04. The van der Waals surface area contributed by atoms with Crippen LogP contribution in [0.3, 0.4) is 0 Å². The van der Waals surface area contributed by atoms with Crippen LogP contribution in [0.5, 0.6) is 5.75 Å². The van der Waals surface area contributed by atoms with E-state index in [1.165, 1.54) is 0 Å². The molecule has 108 valence electrons. The van der Waals surface area contributed by atoms with Gasteiger partial charge in [0.25, 0.3) is 0 Å². The van der Waals surface area contributed by atoms with Gasteiger partial charge in [0.2, 0.25) is 0 Å². The lowest BCUT2D eigenvalue weighted by atomic mass is 9.84. The summed E-state index contributed by atoms with van der Waals surface area (Å²) < 4.78 is 6.31. The van der Waals surface area contributed by atoms with Gasteiger partial charge in [0.1, 0.15) is 11.4 Å². The first kappa shape index (κ1) is 13.6. The Labute approximate surface area is 120 Å². The highest BCUT2D eigenvalue weighted by molar-refractivity contribution is 6.00. The molecular formula is C17H23NO2. The van der Waals surface area contributed by atoms with Crippen LogP contribution in [0.15, 0.2) is 18.2 Å². The molecule has 2 aliphatic rings. The van der Waals surface area contributed by atoms with Crippen LogP contribution in [0, 0.1) is 6.92 Å². The fraction of sp³-hybridized carbons (Fsp3) is 0.588. The van der Waals surface area contributed by atoms with Gasteiger partial charge >= 0.3 is 0 Å². The third-order valence-corrected chi connectivity index (χ3v) is 4.68. The summed E-state index contributed by atoms with van der Waals surface area (Å²) in [6, 6.07) is 5.95. The minimum absolute atomic E-state index is 0.250. The summed E-state index contributed by atoms with van der Waals surface area (Å²) >= 11 is 0. The molecule has 1 aromatic carbocycles. The number of hydrogen-bond donors (Lipinski definition) is 0. The number of Topliss-reactive ketones (excluding diaryl/α,β-unsaturated/α-hetero) is 1. The fourth-order valence-electron chi connectivity index (χ4n) is 3.43. The number of ether oxygens (including phenoxy) is 1. The number of hydrogen-bond acceptors (Lipinski definition) is 3. The Kier molecular flexibility index (Phi) is 3.55. The number of carbonyl (C=O) groups is 1. The molecule has 2 aliphatic heterocycles. The van der Waals surface area contributed by atoms with E-state index in [1.807, 2.05) is 25.1 Å². The van der Waals surface area contributed by atoms with Crippen LogP contribution >= 0.6 is 0 Å². The molecule has 0 bridgehead atoms. The molecule has 0 aliphatic carbocycles. The summed E-state index contributed by atoms with van der Waals surface area (Å²) in [5, 5.41) is 0. The largest absolute Gasteiger partial charge is 0.486 e. The summed E-state index contributed by atoms with van der Waals surface area (Å²) in [4.78, 5) is 14.9. The van der Waals surface area contributed by atoms with Crippen molar-refractivity contribution in [2.24, 2.45) is 0 Å². The van der Waals surface area contributed by atoms with Crippen molar-refractivity contribution in [3.05, 3.63) is 29.3 Å². The second-order valence-corrected chi connectivity index (χ2v) is 6.17. The van der Waals surface area contributed by atoms with E-state index in [-0.39, 0.29) is 11.4 Å². The third-order valence-electron chi connectivity index (χ3n) is 4.68. The number of nitrogens with zero attached hydrogens (tertiary/aromatic N) is 1. The maximum absolute atomic E-state index is 12.5. The minimum atomic E-state index is -0.261. The summed E-state index contributed by atoms with van der Waals surface area (Å²) in [5.41, 5.74) is 1.63. The van der Waals surface area contributed by atoms with Gasteiger partial charge in [0, 0.05) is 13.0 Å². The number of ketones is 1. The summed E-state index contributed by atoms with van der Waals surface area (Å²) in [6.07, 6.45) is 3.60. The number of likely N-dealkylation sites (tertiary alicyclic amines) is 1. The number of aryl methyl sites for hydroxylation is 1. The zero-order valence-corrected chi connectivity index (χ0v) is 12.4. The van der Waals surface area contributed by atoms with E-state index in [0.717, 1.165) is 55.8 Å². The predicted molar refractivity (Wildman–Crippen MR) is 79.5 cm³/mol. The van der Waals surface area contributed by atoms with Crippen molar-refractivity contribution < 1.29 is 9.53 Å². The Hall–Kier alpha value is -1.35. The Morgan fingerprint density at radius 3 is 2.95 bits per heavy atom. The Morgan fingerprint density at radius 2 is 2.15 bits per heavy atom. The molecule has 2 heterocycles. The van der Waals surface area contributed by atoms with Gasteiger partial charge in [-0.15, -0.1) is 0 Å². The lowest BCUT2D eigenvalue weighted by Crippen LogP contribution is -2.42. The van der Waals surface area contributed by atoms with E-state index in [0.29, 0.717) is 6.42 Å². The molecule has 0 radical (unpaired) electrons. The monoisotopic (exact) mass is 273 g/mol. The molecule has 1 atom stereocenters. The van der Waals surface area contributed by atoms with E-state index in [2.05, 4.69) is 11.8 Å². The second kappa shape index (κ2) is 5.21. The Bertz CT molecular complexity index is 526. The highest BCUT2D eigenvalue weighted by Crippen LogP contribution is 2.39. The van der Waals surface area contributed by atoms with Gasteiger partial charge < -0.3 is 9.64 Å². The van der Waals surface area contributed by atoms with Crippen molar-refractivity contribution in [3.8, 4) is 5.75 Å². The zero-order valence-electron chi connectivity index (χ0n) is 12.4. The van der Waals surface area contributed by atoms with Gasteiger partial charge in [0.15, 0.2) is 5.78 Å². The second-order valence-electron chi connectivity index (χ2n) is 6.17. The quantitative estimate of drug-likeness (QED) is 0.787. The van der Waals surface area contributed by atoms with Crippen LogP contribution in [-0.2, 0) is 0 Å².